The SMILES string of the molecule is Cc1ccc(C(=O)N2CCC3(CC2)CC(O)c2nn(C)cc2O3)cc1Cl. The molecule has 1 aromatic heterocycles. The normalized spacial score (nSPS) is 21.4. The Hall–Kier alpha value is -2.05. The second kappa shape index (κ2) is 6.28. The molecule has 138 valence electrons. The topological polar surface area (TPSA) is 67.6 Å². The molecule has 2 aromatic rings. The molecule has 7 heteroatoms. The number of aliphatic hydroxyl groups is 1. The van der Waals surface area contributed by atoms with Crippen molar-refractivity contribution in [3.63, 3.8) is 0 Å². The zero-order valence-corrected chi connectivity index (χ0v) is 15.7. The van der Waals surface area contributed by atoms with Crippen molar-refractivity contribution in [1.82, 2.24) is 14.7 Å². The molecule has 1 aromatic carbocycles. The number of aryl methyl sites for hydroxylation is 2. The maximum Gasteiger partial charge on any atom is 0.253 e. The molecule has 1 unspecified atom stereocenters. The van der Waals surface area contributed by atoms with Gasteiger partial charge in [0.2, 0.25) is 0 Å². The molecule has 6 nitrogen and oxygen atoms in total. The fraction of sp³-hybridized carbons (Fsp3) is 0.474. The highest BCUT2D eigenvalue weighted by Gasteiger charge is 2.44. The number of fused-ring (bicyclic) bond motifs is 1. The van der Waals surface area contributed by atoms with Crippen molar-refractivity contribution >= 4 is 17.5 Å². The van der Waals surface area contributed by atoms with Crippen LogP contribution in [0.2, 0.25) is 5.02 Å². The van der Waals surface area contributed by atoms with E-state index in [9.17, 15) is 9.90 Å². The summed E-state index contributed by atoms with van der Waals surface area (Å²) in [5.74, 6) is 0.636. The highest BCUT2D eigenvalue weighted by molar-refractivity contribution is 6.31. The largest absolute Gasteiger partial charge is 0.483 e. The maximum atomic E-state index is 12.8. The number of aromatic nitrogens is 2. The first-order valence-corrected chi connectivity index (χ1v) is 9.21. The second-order valence-corrected chi connectivity index (χ2v) is 7.72. The van der Waals surface area contributed by atoms with Crippen LogP contribution < -0.4 is 4.74 Å². The summed E-state index contributed by atoms with van der Waals surface area (Å²) in [5, 5.41) is 15.3. The number of hydrogen-bond acceptors (Lipinski definition) is 4. The summed E-state index contributed by atoms with van der Waals surface area (Å²) in [6.45, 7) is 3.10. The van der Waals surface area contributed by atoms with Gasteiger partial charge in [0, 0.05) is 50.0 Å². The first-order valence-electron chi connectivity index (χ1n) is 8.83. The third-order valence-corrected chi connectivity index (χ3v) is 5.82. The molecule has 2 aliphatic rings. The highest BCUT2D eigenvalue weighted by Crippen LogP contribution is 2.43. The molecule has 2 aliphatic heterocycles. The number of ether oxygens (including phenoxy) is 1. The van der Waals surface area contributed by atoms with Gasteiger partial charge in [-0.05, 0) is 24.6 Å². The molecule has 1 amide bonds. The van der Waals surface area contributed by atoms with E-state index >= 15 is 0 Å². The first kappa shape index (κ1) is 17.4. The maximum absolute atomic E-state index is 12.8. The smallest absolute Gasteiger partial charge is 0.253 e. The molecule has 26 heavy (non-hydrogen) atoms. The summed E-state index contributed by atoms with van der Waals surface area (Å²) >= 11 is 6.15. The highest BCUT2D eigenvalue weighted by atomic mass is 35.5. The number of benzene rings is 1. The van der Waals surface area contributed by atoms with Crippen LogP contribution in [0.25, 0.3) is 0 Å². The lowest BCUT2D eigenvalue weighted by molar-refractivity contribution is -0.0504. The number of carbonyl (C=O) groups excluding carboxylic acids is 1. The summed E-state index contributed by atoms with van der Waals surface area (Å²) < 4.78 is 7.88. The lowest BCUT2D eigenvalue weighted by atomic mass is 9.83. The zero-order chi connectivity index (χ0) is 18.5. The molecule has 1 fully saturated rings. The van der Waals surface area contributed by atoms with Crippen LogP contribution >= 0.6 is 11.6 Å². The Morgan fingerprint density at radius 1 is 1.38 bits per heavy atom. The molecule has 0 bridgehead atoms. The number of amides is 1. The molecule has 1 saturated heterocycles. The van der Waals surface area contributed by atoms with Crippen molar-refractivity contribution in [3.05, 3.63) is 46.2 Å². The molecular weight excluding hydrogens is 354 g/mol. The van der Waals surface area contributed by atoms with Gasteiger partial charge >= 0.3 is 0 Å². The quantitative estimate of drug-likeness (QED) is 0.832. The minimum Gasteiger partial charge on any atom is -0.483 e. The molecular formula is C19H22ClN3O3. The van der Waals surface area contributed by atoms with E-state index in [1.165, 1.54) is 0 Å². The number of hydrogen-bond donors (Lipinski definition) is 1. The Labute approximate surface area is 157 Å². The summed E-state index contributed by atoms with van der Waals surface area (Å²) in [7, 11) is 1.81. The third-order valence-electron chi connectivity index (χ3n) is 5.41. The number of nitrogens with zero attached hydrogens (tertiary/aromatic N) is 3. The van der Waals surface area contributed by atoms with Crippen LogP contribution in [0.4, 0.5) is 0 Å². The molecule has 1 N–H and O–H groups in total. The first-order chi connectivity index (χ1) is 12.4. The Morgan fingerprint density at radius 2 is 2.12 bits per heavy atom. The molecule has 4 rings (SSSR count). The Balaban J connectivity index is 1.47. The Morgan fingerprint density at radius 3 is 2.81 bits per heavy atom. The van der Waals surface area contributed by atoms with Gasteiger partial charge in [0.25, 0.3) is 5.91 Å². The standard InChI is InChI=1S/C19H22ClN3O3/c1-12-3-4-13(9-14(12)20)18(25)23-7-5-19(6-8-23)10-15(24)17-16(26-19)11-22(2)21-17/h3-4,9,11,15,24H,5-8,10H2,1-2H3. The van der Waals surface area contributed by atoms with E-state index in [0.29, 0.717) is 54.4 Å². The van der Waals surface area contributed by atoms with Crippen LogP contribution in [0.1, 0.15) is 47.0 Å². The van der Waals surface area contributed by atoms with Crippen LogP contribution in [-0.2, 0) is 7.05 Å². The van der Waals surface area contributed by atoms with Crippen LogP contribution in [0.15, 0.2) is 24.4 Å². The van der Waals surface area contributed by atoms with Crippen LogP contribution in [-0.4, -0.2) is 44.4 Å². The van der Waals surface area contributed by atoms with Gasteiger partial charge in [-0.1, -0.05) is 17.7 Å². The van der Waals surface area contributed by atoms with Gasteiger partial charge < -0.3 is 14.7 Å². The summed E-state index contributed by atoms with van der Waals surface area (Å²) in [4.78, 5) is 14.6. The van der Waals surface area contributed by atoms with E-state index in [1.54, 1.807) is 16.9 Å². The van der Waals surface area contributed by atoms with Gasteiger partial charge in [-0.2, -0.15) is 5.10 Å². The summed E-state index contributed by atoms with van der Waals surface area (Å²) in [5.41, 5.74) is 1.73. The van der Waals surface area contributed by atoms with Crippen molar-refractivity contribution in [1.29, 1.82) is 0 Å². The number of aliphatic hydroxyl groups excluding tert-OH is 1. The number of halogens is 1. The van der Waals surface area contributed by atoms with E-state index in [0.717, 1.165) is 5.56 Å². The molecule has 3 heterocycles. The van der Waals surface area contributed by atoms with Crippen molar-refractivity contribution in [2.24, 2.45) is 7.05 Å². The van der Waals surface area contributed by atoms with Crippen LogP contribution in [0, 0.1) is 6.92 Å². The van der Waals surface area contributed by atoms with Crippen molar-refractivity contribution < 1.29 is 14.6 Å². The fourth-order valence-electron chi connectivity index (χ4n) is 3.85. The minimum atomic E-state index is -0.627. The lowest BCUT2D eigenvalue weighted by Crippen LogP contribution is -2.51. The van der Waals surface area contributed by atoms with E-state index < -0.39 is 11.7 Å². The lowest BCUT2D eigenvalue weighted by Gasteiger charge is -2.44. The third kappa shape index (κ3) is 2.97. The van der Waals surface area contributed by atoms with E-state index in [4.69, 9.17) is 16.3 Å². The van der Waals surface area contributed by atoms with Gasteiger partial charge in [0.1, 0.15) is 17.4 Å². The monoisotopic (exact) mass is 375 g/mol. The predicted octanol–water partition coefficient (Wildman–Crippen LogP) is 2.87. The molecule has 0 saturated carbocycles. The number of carbonyl (C=O) groups is 1. The number of likely N-dealkylation sites (tertiary alicyclic amines) is 1. The van der Waals surface area contributed by atoms with E-state index in [2.05, 4.69) is 5.10 Å². The minimum absolute atomic E-state index is 0.0137. The van der Waals surface area contributed by atoms with Gasteiger partial charge in [-0.3, -0.25) is 9.48 Å². The summed E-state index contributed by atoms with van der Waals surface area (Å²) in [6.07, 6.45) is 3.05. The van der Waals surface area contributed by atoms with Gasteiger partial charge in [-0.25, -0.2) is 0 Å². The zero-order valence-electron chi connectivity index (χ0n) is 14.9. The van der Waals surface area contributed by atoms with Crippen molar-refractivity contribution in [2.45, 2.75) is 37.9 Å². The predicted molar refractivity (Wildman–Crippen MR) is 97.5 cm³/mol. The van der Waals surface area contributed by atoms with Gasteiger partial charge in [-0.15, -0.1) is 0 Å². The fourth-order valence-corrected chi connectivity index (χ4v) is 4.03. The number of rotatable bonds is 1. The summed E-state index contributed by atoms with van der Waals surface area (Å²) in [6, 6.07) is 5.41. The van der Waals surface area contributed by atoms with Crippen molar-refractivity contribution in [3.8, 4) is 5.75 Å². The Bertz CT molecular complexity index is 856. The van der Waals surface area contributed by atoms with E-state index in [1.807, 2.05) is 31.0 Å². The molecule has 1 atom stereocenters. The number of piperidine rings is 1. The average Bonchev–Trinajstić information content (AvgIpc) is 2.98. The Kier molecular flexibility index (Phi) is 4.20. The average molecular weight is 376 g/mol. The van der Waals surface area contributed by atoms with Crippen LogP contribution in [0.3, 0.4) is 0 Å². The second-order valence-electron chi connectivity index (χ2n) is 7.31. The van der Waals surface area contributed by atoms with E-state index in [-0.39, 0.29) is 5.91 Å². The molecule has 0 radical (unpaired) electrons. The van der Waals surface area contributed by atoms with Gasteiger partial charge in [0.05, 0.1) is 6.20 Å². The van der Waals surface area contributed by atoms with Gasteiger partial charge in [0.15, 0.2) is 5.75 Å². The van der Waals surface area contributed by atoms with Crippen LogP contribution in [0.5, 0.6) is 5.75 Å². The molecule has 0 aliphatic carbocycles. The molecule has 1 spiro atoms. The van der Waals surface area contributed by atoms with Crippen molar-refractivity contribution in [2.75, 3.05) is 13.1 Å².